The Kier molecular flexibility index (Phi) is 5.16. The standard InChI is InChI=1S/C21H20FN3O4/c1-14-8-19(9-21(27)28-14)29-18-6-7-24(12-18)20(26)13-25-11-16(10-23-25)15-2-4-17(22)5-3-15/h2-5,8-11,18H,6-7,12-13H2,1H3/t18-/m1/s1. The van der Waals surface area contributed by atoms with Gasteiger partial charge < -0.3 is 14.1 Å². The first-order chi connectivity index (χ1) is 14.0. The molecule has 4 rings (SSSR count). The fourth-order valence-electron chi connectivity index (χ4n) is 3.37. The number of hydrogen-bond acceptors (Lipinski definition) is 5. The molecule has 7 nitrogen and oxygen atoms in total. The summed E-state index contributed by atoms with van der Waals surface area (Å²) in [6, 6.07) is 9.09. The Labute approximate surface area is 166 Å². The van der Waals surface area contributed by atoms with Crippen molar-refractivity contribution >= 4 is 5.91 Å². The van der Waals surface area contributed by atoms with Gasteiger partial charge in [-0.25, -0.2) is 9.18 Å². The number of benzene rings is 1. The van der Waals surface area contributed by atoms with Crippen LogP contribution >= 0.6 is 0 Å². The van der Waals surface area contributed by atoms with Crippen LogP contribution in [-0.4, -0.2) is 39.8 Å². The van der Waals surface area contributed by atoms with Crippen LogP contribution in [0.2, 0.25) is 0 Å². The molecular formula is C21H20FN3O4. The third-order valence-corrected chi connectivity index (χ3v) is 4.78. The molecule has 0 bridgehead atoms. The number of amides is 1. The topological polar surface area (TPSA) is 77.6 Å². The van der Waals surface area contributed by atoms with Crippen LogP contribution in [0.3, 0.4) is 0 Å². The molecule has 29 heavy (non-hydrogen) atoms. The van der Waals surface area contributed by atoms with Crippen LogP contribution in [0, 0.1) is 12.7 Å². The molecule has 8 heteroatoms. The lowest BCUT2D eigenvalue weighted by Crippen LogP contribution is -2.33. The largest absolute Gasteiger partial charge is 0.488 e. The molecule has 2 aromatic heterocycles. The van der Waals surface area contributed by atoms with Crippen LogP contribution in [0.15, 0.2) is 58.0 Å². The van der Waals surface area contributed by atoms with Gasteiger partial charge in [0.2, 0.25) is 5.91 Å². The van der Waals surface area contributed by atoms with Crippen LogP contribution in [0.4, 0.5) is 4.39 Å². The second kappa shape index (κ2) is 7.90. The maximum Gasteiger partial charge on any atom is 0.339 e. The van der Waals surface area contributed by atoms with Gasteiger partial charge in [0.25, 0.3) is 0 Å². The van der Waals surface area contributed by atoms with Crippen molar-refractivity contribution in [2.45, 2.75) is 26.0 Å². The molecule has 0 aliphatic carbocycles. The lowest BCUT2D eigenvalue weighted by atomic mass is 10.1. The maximum absolute atomic E-state index is 13.1. The van der Waals surface area contributed by atoms with E-state index in [9.17, 15) is 14.0 Å². The van der Waals surface area contributed by atoms with Crippen molar-refractivity contribution in [1.29, 1.82) is 0 Å². The number of rotatable bonds is 5. The summed E-state index contributed by atoms with van der Waals surface area (Å²) in [6.45, 7) is 2.82. The molecule has 3 aromatic rings. The zero-order valence-electron chi connectivity index (χ0n) is 15.9. The van der Waals surface area contributed by atoms with Gasteiger partial charge in [-0.05, 0) is 24.6 Å². The summed E-state index contributed by atoms with van der Waals surface area (Å²) in [4.78, 5) is 25.8. The SMILES string of the molecule is Cc1cc(O[C@@H]2CCN(C(=O)Cn3cc(-c4ccc(F)cc4)cn3)C2)cc(=O)o1. The minimum Gasteiger partial charge on any atom is -0.488 e. The van der Waals surface area contributed by atoms with Crippen molar-refractivity contribution in [2.75, 3.05) is 13.1 Å². The number of carbonyl (C=O) groups is 1. The van der Waals surface area contributed by atoms with Gasteiger partial charge in [0.1, 0.15) is 30.0 Å². The molecule has 0 spiro atoms. The van der Waals surface area contributed by atoms with Crippen LogP contribution in [-0.2, 0) is 11.3 Å². The van der Waals surface area contributed by atoms with Crippen molar-refractivity contribution in [2.24, 2.45) is 0 Å². The monoisotopic (exact) mass is 397 g/mol. The highest BCUT2D eigenvalue weighted by Crippen LogP contribution is 2.20. The summed E-state index contributed by atoms with van der Waals surface area (Å²) in [5.74, 6) is 0.574. The molecule has 0 saturated carbocycles. The second-order valence-corrected chi connectivity index (χ2v) is 7.02. The van der Waals surface area contributed by atoms with E-state index in [2.05, 4.69) is 5.10 Å². The molecule has 1 saturated heterocycles. The number of halogens is 1. The number of ether oxygens (including phenoxy) is 1. The van der Waals surface area contributed by atoms with E-state index in [1.165, 1.54) is 18.2 Å². The van der Waals surface area contributed by atoms with E-state index in [-0.39, 0.29) is 24.4 Å². The minimum atomic E-state index is -0.457. The van der Waals surface area contributed by atoms with Gasteiger partial charge in [-0.1, -0.05) is 12.1 Å². The van der Waals surface area contributed by atoms with Crippen LogP contribution in [0.25, 0.3) is 11.1 Å². The molecule has 150 valence electrons. The summed E-state index contributed by atoms with van der Waals surface area (Å²) >= 11 is 0. The number of aryl methyl sites for hydroxylation is 1. The highest BCUT2D eigenvalue weighted by atomic mass is 19.1. The minimum absolute atomic E-state index is 0.0615. The molecule has 3 heterocycles. The number of likely N-dealkylation sites (tertiary alicyclic amines) is 1. The summed E-state index contributed by atoms with van der Waals surface area (Å²) in [6.07, 6.45) is 3.93. The lowest BCUT2D eigenvalue weighted by Gasteiger charge is -2.17. The van der Waals surface area contributed by atoms with E-state index in [1.807, 2.05) is 0 Å². The predicted octanol–water partition coefficient (Wildman–Crippen LogP) is 2.63. The molecule has 1 fully saturated rings. The van der Waals surface area contributed by atoms with E-state index in [0.717, 1.165) is 11.1 Å². The third kappa shape index (κ3) is 4.53. The highest BCUT2D eigenvalue weighted by molar-refractivity contribution is 5.76. The van der Waals surface area contributed by atoms with Crippen molar-refractivity contribution in [3.63, 3.8) is 0 Å². The van der Waals surface area contributed by atoms with Crippen LogP contribution in [0.5, 0.6) is 5.75 Å². The molecule has 0 N–H and O–H groups in total. The molecular weight excluding hydrogens is 377 g/mol. The van der Waals surface area contributed by atoms with E-state index >= 15 is 0 Å². The maximum atomic E-state index is 13.1. The zero-order chi connectivity index (χ0) is 20.4. The van der Waals surface area contributed by atoms with Crippen LogP contribution in [0.1, 0.15) is 12.2 Å². The quantitative estimate of drug-likeness (QED) is 0.661. The lowest BCUT2D eigenvalue weighted by molar-refractivity contribution is -0.131. The number of hydrogen-bond donors (Lipinski definition) is 0. The first-order valence-corrected chi connectivity index (χ1v) is 9.31. The van der Waals surface area contributed by atoms with E-state index in [0.29, 0.717) is 31.0 Å². The zero-order valence-corrected chi connectivity index (χ0v) is 15.9. The molecule has 1 atom stereocenters. The van der Waals surface area contributed by atoms with Crippen molar-refractivity contribution < 1.29 is 18.3 Å². The molecule has 1 aliphatic heterocycles. The highest BCUT2D eigenvalue weighted by Gasteiger charge is 2.28. The van der Waals surface area contributed by atoms with Gasteiger partial charge >= 0.3 is 5.63 Å². The van der Waals surface area contributed by atoms with E-state index < -0.39 is 5.63 Å². The first kappa shape index (κ1) is 18.9. The Bertz CT molecular complexity index is 1070. The summed E-state index contributed by atoms with van der Waals surface area (Å²) < 4.78 is 25.4. The fraction of sp³-hybridized carbons (Fsp3) is 0.286. The average molecular weight is 397 g/mol. The van der Waals surface area contributed by atoms with Gasteiger partial charge in [-0.2, -0.15) is 5.10 Å². The van der Waals surface area contributed by atoms with Crippen molar-refractivity contribution in [3.05, 3.63) is 70.8 Å². The Morgan fingerprint density at radius 2 is 2.07 bits per heavy atom. The van der Waals surface area contributed by atoms with Crippen molar-refractivity contribution in [3.8, 4) is 16.9 Å². The Morgan fingerprint density at radius 1 is 1.28 bits per heavy atom. The molecule has 1 amide bonds. The average Bonchev–Trinajstić information content (AvgIpc) is 3.31. The number of nitrogens with zero attached hydrogens (tertiary/aromatic N) is 3. The van der Waals surface area contributed by atoms with Gasteiger partial charge in [0.15, 0.2) is 0 Å². The molecule has 0 radical (unpaired) electrons. The Balaban J connectivity index is 1.35. The summed E-state index contributed by atoms with van der Waals surface area (Å²) in [5, 5.41) is 4.23. The van der Waals surface area contributed by atoms with E-state index in [1.54, 1.807) is 47.1 Å². The van der Waals surface area contributed by atoms with Gasteiger partial charge in [0.05, 0.1) is 18.8 Å². The molecule has 0 unspecified atom stereocenters. The van der Waals surface area contributed by atoms with Gasteiger partial charge in [-0.15, -0.1) is 0 Å². The predicted molar refractivity (Wildman–Crippen MR) is 103 cm³/mol. The fourth-order valence-corrected chi connectivity index (χ4v) is 3.37. The van der Waals surface area contributed by atoms with E-state index in [4.69, 9.17) is 9.15 Å². The smallest absolute Gasteiger partial charge is 0.339 e. The Hall–Kier alpha value is -3.42. The third-order valence-electron chi connectivity index (χ3n) is 4.78. The number of aromatic nitrogens is 2. The molecule has 1 aliphatic rings. The first-order valence-electron chi connectivity index (χ1n) is 9.31. The normalized spacial score (nSPS) is 16.2. The number of carbonyl (C=O) groups excluding carboxylic acids is 1. The summed E-state index contributed by atoms with van der Waals surface area (Å²) in [5.41, 5.74) is 1.20. The van der Waals surface area contributed by atoms with Crippen molar-refractivity contribution in [1.82, 2.24) is 14.7 Å². The van der Waals surface area contributed by atoms with Gasteiger partial charge in [0, 0.05) is 30.8 Å². The Morgan fingerprint density at radius 3 is 2.83 bits per heavy atom. The molecule has 1 aromatic carbocycles. The van der Waals surface area contributed by atoms with Crippen LogP contribution < -0.4 is 10.4 Å². The summed E-state index contributed by atoms with van der Waals surface area (Å²) in [7, 11) is 0. The second-order valence-electron chi connectivity index (χ2n) is 7.02. The van der Waals surface area contributed by atoms with Gasteiger partial charge in [-0.3, -0.25) is 9.48 Å².